The second-order valence-corrected chi connectivity index (χ2v) is 5.43. The number of aromatic nitrogens is 1. The van der Waals surface area contributed by atoms with Gasteiger partial charge in [-0.3, -0.25) is 0 Å². The molecule has 0 saturated carbocycles. The average Bonchev–Trinajstić information content (AvgIpc) is 2.90. The van der Waals surface area contributed by atoms with Gasteiger partial charge >= 0.3 is 5.97 Å². The lowest BCUT2D eigenvalue weighted by atomic mass is 10.1. The summed E-state index contributed by atoms with van der Waals surface area (Å²) in [7, 11) is 0. The van der Waals surface area contributed by atoms with Crippen molar-refractivity contribution >= 4 is 16.9 Å². The molecule has 0 N–H and O–H groups in total. The number of carbonyl (C=O) groups is 1. The van der Waals surface area contributed by atoms with Crippen LogP contribution >= 0.6 is 0 Å². The Kier molecular flexibility index (Phi) is 3.96. The molecule has 22 heavy (non-hydrogen) atoms. The van der Waals surface area contributed by atoms with Crippen molar-refractivity contribution in [2.75, 3.05) is 6.61 Å². The number of esters is 1. The number of benzene rings is 2. The van der Waals surface area contributed by atoms with Crippen LogP contribution in [0.15, 0.2) is 54.7 Å². The third-order valence-electron chi connectivity index (χ3n) is 3.72. The molecular weight excluding hydrogens is 274 g/mol. The van der Waals surface area contributed by atoms with E-state index in [0.29, 0.717) is 12.2 Å². The Balaban J connectivity index is 1.88. The largest absolute Gasteiger partial charge is 0.462 e. The number of aryl methyl sites for hydroxylation is 1. The van der Waals surface area contributed by atoms with E-state index in [1.165, 1.54) is 16.5 Å². The minimum Gasteiger partial charge on any atom is -0.462 e. The van der Waals surface area contributed by atoms with E-state index in [1.54, 1.807) is 6.07 Å². The van der Waals surface area contributed by atoms with Crippen LogP contribution in [0.4, 0.5) is 0 Å². The SMILES string of the molecule is CCOC(=O)c1cccc(Cn2ccc3cc(C)ccc32)c1. The first-order valence-electron chi connectivity index (χ1n) is 7.49. The van der Waals surface area contributed by atoms with Gasteiger partial charge in [-0.15, -0.1) is 0 Å². The molecule has 0 aliphatic carbocycles. The Morgan fingerprint density at radius 3 is 2.82 bits per heavy atom. The molecular formula is C19H19NO2. The molecule has 3 aromatic rings. The maximum atomic E-state index is 11.8. The quantitative estimate of drug-likeness (QED) is 0.676. The minimum absolute atomic E-state index is 0.266. The molecule has 3 nitrogen and oxygen atoms in total. The molecule has 2 aromatic carbocycles. The van der Waals surface area contributed by atoms with Crippen molar-refractivity contribution in [3.8, 4) is 0 Å². The first kappa shape index (κ1) is 14.4. The summed E-state index contributed by atoms with van der Waals surface area (Å²) in [5, 5.41) is 1.24. The summed E-state index contributed by atoms with van der Waals surface area (Å²) >= 11 is 0. The predicted octanol–water partition coefficient (Wildman–Crippen LogP) is 4.17. The standard InChI is InChI=1S/C19H19NO2/c1-3-22-19(21)17-6-4-5-15(12-17)13-20-10-9-16-11-14(2)7-8-18(16)20/h4-12H,3,13H2,1-2H3. The topological polar surface area (TPSA) is 31.2 Å². The first-order valence-corrected chi connectivity index (χ1v) is 7.49. The molecule has 112 valence electrons. The Hall–Kier alpha value is -2.55. The molecule has 0 aliphatic heterocycles. The van der Waals surface area contributed by atoms with Gasteiger partial charge in [0.25, 0.3) is 0 Å². The zero-order valence-electron chi connectivity index (χ0n) is 12.9. The second-order valence-electron chi connectivity index (χ2n) is 5.43. The summed E-state index contributed by atoms with van der Waals surface area (Å²) in [6.07, 6.45) is 2.08. The van der Waals surface area contributed by atoms with Gasteiger partial charge in [0.15, 0.2) is 0 Å². The molecule has 0 unspecified atom stereocenters. The Bertz CT molecular complexity index is 817. The lowest BCUT2D eigenvalue weighted by Gasteiger charge is -2.08. The van der Waals surface area contributed by atoms with Crippen molar-refractivity contribution < 1.29 is 9.53 Å². The lowest BCUT2D eigenvalue weighted by molar-refractivity contribution is 0.0526. The molecule has 0 fully saturated rings. The van der Waals surface area contributed by atoms with Crippen molar-refractivity contribution in [1.29, 1.82) is 0 Å². The van der Waals surface area contributed by atoms with Crippen LogP contribution < -0.4 is 0 Å². The second kappa shape index (κ2) is 6.06. The van der Waals surface area contributed by atoms with E-state index in [1.807, 2.05) is 25.1 Å². The zero-order chi connectivity index (χ0) is 15.5. The molecule has 0 saturated heterocycles. The summed E-state index contributed by atoms with van der Waals surface area (Å²) in [6, 6.07) is 16.2. The maximum Gasteiger partial charge on any atom is 0.338 e. The molecule has 0 bridgehead atoms. The van der Waals surface area contributed by atoms with Gasteiger partial charge < -0.3 is 9.30 Å². The smallest absolute Gasteiger partial charge is 0.338 e. The highest BCUT2D eigenvalue weighted by molar-refractivity contribution is 5.89. The number of fused-ring (bicyclic) bond motifs is 1. The van der Waals surface area contributed by atoms with E-state index in [2.05, 4.69) is 42.0 Å². The summed E-state index contributed by atoms with van der Waals surface area (Å²) in [6.45, 7) is 5.04. The molecule has 3 rings (SSSR count). The van der Waals surface area contributed by atoms with E-state index < -0.39 is 0 Å². The summed E-state index contributed by atoms with van der Waals surface area (Å²) in [4.78, 5) is 11.8. The van der Waals surface area contributed by atoms with Crippen molar-refractivity contribution in [3.05, 3.63) is 71.4 Å². The van der Waals surface area contributed by atoms with Gasteiger partial charge in [0.2, 0.25) is 0 Å². The fraction of sp³-hybridized carbons (Fsp3) is 0.211. The van der Waals surface area contributed by atoms with Gasteiger partial charge in [0.05, 0.1) is 12.2 Å². The van der Waals surface area contributed by atoms with Gasteiger partial charge in [-0.25, -0.2) is 4.79 Å². The number of hydrogen-bond acceptors (Lipinski definition) is 2. The molecule has 0 spiro atoms. The Morgan fingerprint density at radius 2 is 2.00 bits per heavy atom. The van der Waals surface area contributed by atoms with Gasteiger partial charge in [0.1, 0.15) is 0 Å². The third kappa shape index (κ3) is 2.89. The van der Waals surface area contributed by atoms with E-state index in [-0.39, 0.29) is 5.97 Å². The first-order chi connectivity index (χ1) is 10.7. The third-order valence-corrected chi connectivity index (χ3v) is 3.72. The number of ether oxygens (including phenoxy) is 1. The van der Waals surface area contributed by atoms with Crippen LogP contribution in [0.3, 0.4) is 0 Å². The van der Waals surface area contributed by atoms with Crippen molar-refractivity contribution in [1.82, 2.24) is 4.57 Å². The molecule has 3 heteroatoms. The summed E-state index contributed by atoms with van der Waals surface area (Å²) in [5.74, 6) is -0.266. The van der Waals surface area contributed by atoms with Gasteiger partial charge in [-0.05, 0) is 55.1 Å². The molecule has 0 amide bonds. The highest BCUT2D eigenvalue weighted by Crippen LogP contribution is 2.19. The van der Waals surface area contributed by atoms with Crippen molar-refractivity contribution in [3.63, 3.8) is 0 Å². The number of hydrogen-bond donors (Lipinski definition) is 0. The van der Waals surface area contributed by atoms with Gasteiger partial charge in [-0.2, -0.15) is 0 Å². The molecule has 0 atom stereocenters. The lowest BCUT2D eigenvalue weighted by Crippen LogP contribution is -2.06. The number of rotatable bonds is 4. The fourth-order valence-corrected chi connectivity index (χ4v) is 2.67. The Labute approximate surface area is 130 Å². The maximum absolute atomic E-state index is 11.8. The van der Waals surface area contributed by atoms with Crippen molar-refractivity contribution in [2.45, 2.75) is 20.4 Å². The molecule has 0 aliphatic rings. The van der Waals surface area contributed by atoms with Crippen LogP contribution in [0.2, 0.25) is 0 Å². The predicted molar refractivity (Wildman–Crippen MR) is 88.2 cm³/mol. The minimum atomic E-state index is -0.266. The number of nitrogens with zero attached hydrogens (tertiary/aromatic N) is 1. The van der Waals surface area contributed by atoms with Crippen LogP contribution in [-0.4, -0.2) is 17.1 Å². The fourth-order valence-electron chi connectivity index (χ4n) is 2.67. The van der Waals surface area contributed by atoms with E-state index >= 15 is 0 Å². The van der Waals surface area contributed by atoms with Crippen LogP contribution in [0.25, 0.3) is 10.9 Å². The monoisotopic (exact) mass is 293 g/mol. The van der Waals surface area contributed by atoms with Crippen LogP contribution in [0.1, 0.15) is 28.4 Å². The highest BCUT2D eigenvalue weighted by atomic mass is 16.5. The zero-order valence-corrected chi connectivity index (χ0v) is 12.9. The highest BCUT2D eigenvalue weighted by Gasteiger charge is 2.08. The number of carbonyl (C=O) groups excluding carboxylic acids is 1. The normalized spacial score (nSPS) is 10.8. The Morgan fingerprint density at radius 1 is 1.14 bits per heavy atom. The van der Waals surface area contributed by atoms with Crippen molar-refractivity contribution in [2.24, 2.45) is 0 Å². The van der Waals surface area contributed by atoms with Crippen LogP contribution in [0, 0.1) is 6.92 Å². The molecule has 0 radical (unpaired) electrons. The van der Waals surface area contributed by atoms with Gasteiger partial charge in [-0.1, -0.05) is 23.8 Å². The summed E-state index contributed by atoms with van der Waals surface area (Å²) < 4.78 is 7.25. The van der Waals surface area contributed by atoms with Gasteiger partial charge in [0, 0.05) is 18.3 Å². The summed E-state index contributed by atoms with van der Waals surface area (Å²) in [5.41, 5.74) is 4.15. The average molecular weight is 293 g/mol. The molecule has 1 heterocycles. The van der Waals surface area contributed by atoms with Crippen LogP contribution in [0.5, 0.6) is 0 Å². The van der Waals surface area contributed by atoms with Crippen LogP contribution in [-0.2, 0) is 11.3 Å². The van der Waals surface area contributed by atoms with E-state index in [0.717, 1.165) is 12.1 Å². The molecule has 1 aromatic heterocycles. The van der Waals surface area contributed by atoms with E-state index in [4.69, 9.17) is 4.74 Å². The van der Waals surface area contributed by atoms with E-state index in [9.17, 15) is 4.79 Å².